The van der Waals surface area contributed by atoms with Gasteiger partial charge < -0.3 is 14.2 Å². The number of fused-ring (bicyclic) bond motifs is 3. The Balaban J connectivity index is 1.39. The molecule has 5 nitrogen and oxygen atoms in total. The van der Waals surface area contributed by atoms with Crippen LogP contribution in [0.4, 0.5) is 0 Å². The van der Waals surface area contributed by atoms with Crippen LogP contribution in [0.25, 0.3) is 11.1 Å². The third kappa shape index (κ3) is 4.06. The van der Waals surface area contributed by atoms with Crippen molar-refractivity contribution in [1.29, 1.82) is 0 Å². The molecule has 29 heavy (non-hydrogen) atoms. The van der Waals surface area contributed by atoms with Crippen LogP contribution in [0.1, 0.15) is 36.3 Å². The van der Waals surface area contributed by atoms with Crippen molar-refractivity contribution in [1.82, 2.24) is 0 Å². The maximum absolute atomic E-state index is 12.8. The Hall–Kier alpha value is -2.66. The number of rotatable bonds is 7. The van der Waals surface area contributed by atoms with E-state index in [-0.39, 0.29) is 30.3 Å². The van der Waals surface area contributed by atoms with Crippen LogP contribution in [-0.2, 0) is 23.8 Å². The summed E-state index contributed by atoms with van der Waals surface area (Å²) in [6.07, 6.45) is 2.69. The zero-order valence-corrected chi connectivity index (χ0v) is 16.6. The Kier molecular flexibility index (Phi) is 5.95. The van der Waals surface area contributed by atoms with Gasteiger partial charge in [0.25, 0.3) is 0 Å². The Morgan fingerprint density at radius 1 is 0.931 bits per heavy atom. The van der Waals surface area contributed by atoms with Crippen LogP contribution in [-0.4, -0.2) is 38.9 Å². The normalized spacial score (nSPS) is 20.2. The minimum absolute atomic E-state index is 0.0711. The molecule has 0 radical (unpaired) electrons. The molecule has 2 aromatic rings. The Bertz CT molecular complexity index is 845. The van der Waals surface area contributed by atoms with Gasteiger partial charge in [0.1, 0.15) is 13.2 Å². The molecular formula is C24H26O5. The van der Waals surface area contributed by atoms with Crippen LogP contribution < -0.4 is 0 Å². The minimum Gasteiger partial charge on any atom is -0.467 e. The summed E-state index contributed by atoms with van der Waals surface area (Å²) in [6, 6.07) is 16.6. The van der Waals surface area contributed by atoms with Gasteiger partial charge in [-0.1, -0.05) is 55.0 Å². The van der Waals surface area contributed by atoms with Crippen LogP contribution in [0, 0.1) is 11.8 Å². The van der Waals surface area contributed by atoms with E-state index in [1.807, 2.05) is 24.3 Å². The lowest BCUT2D eigenvalue weighted by molar-refractivity contribution is -0.151. The number of esters is 2. The van der Waals surface area contributed by atoms with Crippen LogP contribution in [0.2, 0.25) is 0 Å². The van der Waals surface area contributed by atoms with Crippen molar-refractivity contribution in [2.24, 2.45) is 11.8 Å². The summed E-state index contributed by atoms with van der Waals surface area (Å²) in [5.74, 6) is -0.562. The van der Waals surface area contributed by atoms with Gasteiger partial charge in [-0.25, -0.2) is 4.79 Å². The van der Waals surface area contributed by atoms with E-state index in [0.717, 1.165) is 19.3 Å². The summed E-state index contributed by atoms with van der Waals surface area (Å²) in [5, 5.41) is 0. The molecule has 2 aliphatic carbocycles. The van der Waals surface area contributed by atoms with E-state index in [1.165, 1.54) is 29.4 Å². The van der Waals surface area contributed by atoms with Gasteiger partial charge in [0.05, 0.1) is 19.6 Å². The zero-order valence-electron chi connectivity index (χ0n) is 16.6. The van der Waals surface area contributed by atoms with Crippen molar-refractivity contribution in [2.75, 3.05) is 26.9 Å². The maximum atomic E-state index is 12.8. The SMILES string of the molecule is COC(=O)COC[C@H]1CCCC1C(=O)OCC1c2ccccc2-c2ccccc21. The number of ether oxygens (including phenoxy) is 3. The third-order valence-electron chi connectivity index (χ3n) is 6.10. The van der Waals surface area contributed by atoms with Crippen molar-refractivity contribution in [2.45, 2.75) is 25.2 Å². The van der Waals surface area contributed by atoms with Crippen molar-refractivity contribution in [3.05, 3.63) is 59.7 Å². The second-order valence-corrected chi connectivity index (χ2v) is 7.75. The number of hydrogen-bond donors (Lipinski definition) is 0. The topological polar surface area (TPSA) is 61.8 Å². The molecule has 2 aliphatic rings. The second-order valence-electron chi connectivity index (χ2n) is 7.75. The van der Waals surface area contributed by atoms with E-state index >= 15 is 0 Å². The molecule has 0 bridgehead atoms. The predicted octanol–water partition coefficient (Wildman–Crippen LogP) is 3.95. The first kappa shape index (κ1) is 19.6. The first-order chi connectivity index (χ1) is 14.2. The molecule has 0 N–H and O–H groups in total. The average molecular weight is 394 g/mol. The number of benzene rings is 2. The van der Waals surface area contributed by atoms with Gasteiger partial charge in [-0.2, -0.15) is 0 Å². The maximum Gasteiger partial charge on any atom is 0.331 e. The summed E-state index contributed by atoms with van der Waals surface area (Å²) < 4.78 is 15.8. The molecule has 0 heterocycles. The minimum atomic E-state index is -0.402. The number of carbonyl (C=O) groups is 2. The molecule has 0 saturated heterocycles. The Labute approximate surface area is 171 Å². The molecule has 152 valence electrons. The van der Waals surface area contributed by atoms with Crippen molar-refractivity contribution in [3.8, 4) is 11.1 Å². The van der Waals surface area contributed by atoms with Gasteiger partial charge in [0, 0.05) is 5.92 Å². The van der Waals surface area contributed by atoms with Gasteiger partial charge in [0.15, 0.2) is 0 Å². The molecule has 2 aromatic carbocycles. The summed E-state index contributed by atoms with van der Waals surface area (Å²) in [6.45, 7) is 0.646. The van der Waals surface area contributed by atoms with E-state index < -0.39 is 5.97 Å². The largest absolute Gasteiger partial charge is 0.467 e. The quantitative estimate of drug-likeness (QED) is 0.666. The van der Waals surface area contributed by atoms with Crippen LogP contribution in [0.3, 0.4) is 0 Å². The van der Waals surface area contributed by atoms with E-state index in [0.29, 0.717) is 13.2 Å². The highest BCUT2D eigenvalue weighted by Gasteiger charge is 2.36. The van der Waals surface area contributed by atoms with Crippen molar-refractivity contribution >= 4 is 11.9 Å². The average Bonchev–Trinajstić information content (AvgIpc) is 3.35. The third-order valence-corrected chi connectivity index (χ3v) is 6.10. The van der Waals surface area contributed by atoms with Crippen LogP contribution >= 0.6 is 0 Å². The van der Waals surface area contributed by atoms with Crippen LogP contribution in [0.5, 0.6) is 0 Å². The fraction of sp³-hybridized carbons (Fsp3) is 0.417. The second kappa shape index (κ2) is 8.78. The molecule has 2 atom stereocenters. The van der Waals surface area contributed by atoms with E-state index in [4.69, 9.17) is 9.47 Å². The van der Waals surface area contributed by atoms with Crippen LogP contribution in [0.15, 0.2) is 48.5 Å². The van der Waals surface area contributed by atoms with Gasteiger partial charge in [-0.3, -0.25) is 4.79 Å². The smallest absolute Gasteiger partial charge is 0.331 e. The molecule has 0 spiro atoms. The lowest BCUT2D eigenvalue weighted by Crippen LogP contribution is -2.27. The highest BCUT2D eigenvalue weighted by atomic mass is 16.6. The molecule has 1 saturated carbocycles. The molecule has 0 amide bonds. The van der Waals surface area contributed by atoms with Gasteiger partial charge in [-0.05, 0) is 41.0 Å². The predicted molar refractivity (Wildman–Crippen MR) is 108 cm³/mol. The van der Waals surface area contributed by atoms with E-state index in [1.54, 1.807) is 0 Å². The molecule has 4 rings (SSSR count). The standard InChI is InChI=1S/C24H26O5/c1-27-23(25)15-28-13-16-7-6-12-17(16)24(26)29-14-22-20-10-4-2-8-18(20)19-9-3-5-11-21(19)22/h2-5,8-11,16-17,22H,6-7,12-15H2,1H3/t16-,17?/m1/s1. The molecule has 5 heteroatoms. The number of carbonyl (C=O) groups excluding carboxylic acids is 2. The number of hydrogen-bond acceptors (Lipinski definition) is 5. The fourth-order valence-electron chi connectivity index (χ4n) is 4.61. The summed E-state index contributed by atoms with van der Waals surface area (Å²) in [7, 11) is 1.33. The van der Waals surface area contributed by atoms with Gasteiger partial charge >= 0.3 is 11.9 Å². The molecule has 1 fully saturated rings. The fourth-order valence-corrected chi connectivity index (χ4v) is 4.61. The molecule has 0 aromatic heterocycles. The first-order valence-electron chi connectivity index (χ1n) is 10.2. The first-order valence-corrected chi connectivity index (χ1v) is 10.2. The highest BCUT2D eigenvalue weighted by Crippen LogP contribution is 2.44. The lowest BCUT2D eigenvalue weighted by atomic mass is 9.96. The lowest BCUT2D eigenvalue weighted by Gasteiger charge is -2.20. The highest BCUT2D eigenvalue weighted by molar-refractivity contribution is 5.79. The van der Waals surface area contributed by atoms with Crippen molar-refractivity contribution in [3.63, 3.8) is 0 Å². The summed E-state index contributed by atoms with van der Waals surface area (Å²) >= 11 is 0. The summed E-state index contributed by atoms with van der Waals surface area (Å²) in [5.41, 5.74) is 4.87. The monoisotopic (exact) mass is 394 g/mol. The number of methoxy groups -OCH3 is 1. The van der Waals surface area contributed by atoms with Gasteiger partial charge in [0.2, 0.25) is 0 Å². The summed E-state index contributed by atoms with van der Waals surface area (Å²) in [4.78, 5) is 24.0. The van der Waals surface area contributed by atoms with E-state index in [2.05, 4.69) is 29.0 Å². The van der Waals surface area contributed by atoms with E-state index in [9.17, 15) is 9.59 Å². The molecule has 1 unspecified atom stereocenters. The molecule has 0 aliphatic heterocycles. The molecular weight excluding hydrogens is 368 g/mol. The Morgan fingerprint density at radius 3 is 2.24 bits per heavy atom. The van der Waals surface area contributed by atoms with Crippen molar-refractivity contribution < 1.29 is 23.8 Å². The van der Waals surface area contributed by atoms with Gasteiger partial charge in [-0.15, -0.1) is 0 Å². The zero-order chi connectivity index (χ0) is 20.2. The Morgan fingerprint density at radius 2 is 1.59 bits per heavy atom.